The number of fused-ring (bicyclic) bond motifs is 6. The van der Waals surface area contributed by atoms with Crippen LogP contribution in [0.5, 0.6) is 0 Å². The Morgan fingerprint density at radius 1 is 0.442 bits per heavy atom. The Bertz CT molecular complexity index is 2340. The molecule has 1 heteroatoms. The lowest BCUT2D eigenvalue weighted by molar-refractivity contribution is 0.978. The predicted octanol–water partition coefficient (Wildman–Crippen LogP) is 12.1. The average molecular weight is 565 g/mol. The maximum Gasteiger partial charge on any atom is 0.0434 e. The molecule has 7 aromatic carbocycles. The van der Waals surface area contributed by atoms with Crippen molar-refractivity contribution in [2.24, 2.45) is 0 Å². The molecule has 1 aliphatic carbocycles. The summed E-state index contributed by atoms with van der Waals surface area (Å²) in [4.78, 5) is 0. The molecule has 0 nitrogen and oxygen atoms in total. The van der Waals surface area contributed by atoms with Crippen molar-refractivity contribution in [1.82, 2.24) is 0 Å². The lowest BCUT2D eigenvalue weighted by atomic mass is 9.83. The summed E-state index contributed by atoms with van der Waals surface area (Å²) in [6, 6.07) is 51.7. The van der Waals surface area contributed by atoms with E-state index in [9.17, 15) is 0 Å². The van der Waals surface area contributed by atoms with Gasteiger partial charge in [0.2, 0.25) is 0 Å². The van der Waals surface area contributed by atoms with Gasteiger partial charge in [0.15, 0.2) is 0 Å². The summed E-state index contributed by atoms with van der Waals surface area (Å²) in [5.74, 6) is 0. The maximum atomic E-state index is 2.42. The highest BCUT2D eigenvalue weighted by Gasteiger charge is 2.20. The van der Waals surface area contributed by atoms with Crippen molar-refractivity contribution in [3.05, 3.63) is 162 Å². The fourth-order valence-electron chi connectivity index (χ4n) is 7.27. The Morgan fingerprint density at radius 2 is 1.02 bits per heavy atom. The second kappa shape index (κ2) is 9.80. The fourth-order valence-corrected chi connectivity index (χ4v) is 8.49. The minimum Gasteiger partial charge on any atom is -0.135 e. The summed E-state index contributed by atoms with van der Waals surface area (Å²) in [7, 11) is 0. The molecule has 0 spiro atoms. The molecule has 9 rings (SSSR count). The number of benzene rings is 7. The van der Waals surface area contributed by atoms with Crippen LogP contribution in [0.2, 0.25) is 0 Å². The van der Waals surface area contributed by atoms with Gasteiger partial charge in [0.05, 0.1) is 0 Å². The third-order valence-corrected chi connectivity index (χ3v) is 10.4. The van der Waals surface area contributed by atoms with Gasteiger partial charge in [-0.15, -0.1) is 11.3 Å². The van der Waals surface area contributed by atoms with Gasteiger partial charge in [-0.3, -0.25) is 0 Å². The quantitative estimate of drug-likeness (QED) is 0.187. The molecule has 0 aliphatic heterocycles. The topological polar surface area (TPSA) is 0 Å². The Labute approximate surface area is 255 Å². The SMILES string of the molecule is C1=C(c2cccc(-c3c4ccccc4c(-c4cccc5c4sc4ccccc45)c4ccccc34)c2)c2ccccc2CC1. The highest BCUT2D eigenvalue weighted by atomic mass is 32.1. The Hall–Kier alpha value is -4.98. The first kappa shape index (κ1) is 24.6. The highest BCUT2D eigenvalue weighted by molar-refractivity contribution is 7.26. The molecule has 202 valence electrons. The van der Waals surface area contributed by atoms with Crippen molar-refractivity contribution in [3.8, 4) is 22.3 Å². The first-order valence-corrected chi connectivity index (χ1v) is 15.9. The van der Waals surface area contributed by atoms with Gasteiger partial charge >= 0.3 is 0 Å². The number of thiophene rings is 1. The minimum atomic E-state index is 1.08. The summed E-state index contributed by atoms with van der Waals surface area (Å²) < 4.78 is 2.70. The molecule has 0 bridgehead atoms. The van der Waals surface area contributed by atoms with Crippen LogP contribution in [-0.2, 0) is 6.42 Å². The number of aryl methyl sites for hydroxylation is 1. The molecule has 0 atom stereocenters. The Kier molecular flexibility index (Phi) is 5.61. The monoisotopic (exact) mass is 564 g/mol. The summed E-state index contributed by atoms with van der Waals surface area (Å²) in [5.41, 5.74) is 10.7. The molecule has 0 radical (unpaired) electrons. The van der Waals surface area contributed by atoms with E-state index in [1.165, 1.54) is 86.2 Å². The van der Waals surface area contributed by atoms with Crippen molar-refractivity contribution >= 4 is 58.6 Å². The molecule has 1 aliphatic rings. The molecule has 0 amide bonds. The molecular weight excluding hydrogens is 537 g/mol. The van der Waals surface area contributed by atoms with Crippen LogP contribution in [0.25, 0.3) is 69.5 Å². The first-order chi connectivity index (χ1) is 21.3. The normalized spacial score (nSPS) is 13.1. The lowest BCUT2D eigenvalue weighted by Crippen LogP contribution is -2.00. The zero-order valence-corrected chi connectivity index (χ0v) is 24.5. The molecule has 43 heavy (non-hydrogen) atoms. The van der Waals surface area contributed by atoms with Gasteiger partial charge < -0.3 is 0 Å². The van der Waals surface area contributed by atoms with E-state index in [0.29, 0.717) is 0 Å². The number of hydrogen-bond donors (Lipinski definition) is 0. The van der Waals surface area contributed by atoms with Crippen LogP contribution >= 0.6 is 11.3 Å². The molecular formula is C42H28S. The van der Waals surface area contributed by atoms with E-state index in [0.717, 1.165) is 12.8 Å². The van der Waals surface area contributed by atoms with Gasteiger partial charge in [0, 0.05) is 25.7 Å². The largest absolute Gasteiger partial charge is 0.135 e. The standard InChI is InChI=1S/C42H28S/c1-2-16-30-27(12-1)13-10-22-31(30)28-14-9-15-29(26-28)40-33-18-3-5-20-35(33)41(36-21-6-4-19-34(36)40)38-24-11-23-37-32-17-7-8-25-39(32)43-42(37)38/h1-9,11-12,14-26H,10,13H2. The van der Waals surface area contributed by atoms with Gasteiger partial charge in [-0.1, -0.05) is 133 Å². The zero-order valence-electron chi connectivity index (χ0n) is 23.7. The van der Waals surface area contributed by atoms with E-state index >= 15 is 0 Å². The predicted molar refractivity (Wildman–Crippen MR) is 187 cm³/mol. The van der Waals surface area contributed by atoms with E-state index in [2.05, 4.69) is 146 Å². The van der Waals surface area contributed by atoms with Crippen LogP contribution in [0.1, 0.15) is 23.1 Å². The van der Waals surface area contributed by atoms with Crippen LogP contribution in [0.4, 0.5) is 0 Å². The van der Waals surface area contributed by atoms with Crippen molar-refractivity contribution in [2.45, 2.75) is 12.8 Å². The number of rotatable bonds is 3. The van der Waals surface area contributed by atoms with Crippen LogP contribution in [0, 0.1) is 0 Å². The molecule has 0 saturated carbocycles. The average Bonchev–Trinajstić information content (AvgIpc) is 3.46. The summed E-state index contributed by atoms with van der Waals surface area (Å²) >= 11 is 1.91. The van der Waals surface area contributed by atoms with Crippen molar-refractivity contribution in [3.63, 3.8) is 0 Å². The third kappa shape index (κ3) is 3.82. The highest BCUT2D eigenvalue weighted by Crippen LogP contribution is 2.48. The second-order valence-corrected chi connectivity index (χ2v) is 12.6. The van der Waals surface area contributed by atoms with Crippen molar-refractivity contribution < 1.29 is 0 Å². The molecule has 1 heterocycles. The molecule has 0 saturated heterocycles. The lowest BCUT2D eigenvalue weighted by Gasteiger charge is -2.20. The van der Waals surface area contributed by atoms with Crippen LogP contribution in [-0.4, -0.2) is 0 Å². The van der Waals surface area contributed by atoms with Gasteiger partial charge in [-0.05, 0) is 85.5 Å². The molecule has 0 fully saturated rings. The van der Waals surface area contributed by atoms with E-state index in [1.807, 2.05) is 11.3 Å². The summed E-state index contributed by atoms with van der Waals surface area (Å²) in [6.07, 6.45) is 4.62. The molecule has 1 aromatic heterocycles. The third-order valence-electron chi connectivity index (χ3n) is 9.14. The number of hydrogen-bond acceptors (Lipinski definition) is 1. The van der Waals surface area contributed by atoms with Crippen LogP contribution < -0.4 is 0 Å². The van der Waals surface area contributed by atoms with Crippen molar-refractivity contribution in [1.29, 1.82) is 0 Å². The summed E-state index contributed by atoms with van der Waals surface area (Å²) in [6.45, 7) is 0. The fraction of sp³-hybridized carbons (Fsp3) is 0.0476. The molecule has 0 unspecified atom stereocenters. The van der Waals surface area contributed by atoms with Crippen LogP contribution in [0.15, 0.2) is 146 Å². The zero-order chi connectivity index (χ0) is 28.3. The molecule has 0 N–H and O–H groups in total. The minimum absolute atomic E-state index is 1.08. The Balaban J connectivity index is 1.33. The Morgan fingerprint density at radius 3 is 1.81 bits per heavy atom. The van der Waals surface area contributed by atoms with E-state index in [-0.39, 0.29) is 0 Å². The first-order valence-electron chi connectivity index (χ1n) is 15.1. The maximum absolute atomic E-state index is 2.42. The van der Waals surface area contributed by atoms with E-state index in [4.69, 9.17) is 0 Å². The van der Waals surface area contributed by atoms with Gasteiger partial charge in [0.25, 0.3) is 0 Å². The number of allylic oxidation sites excluding steroid dienone is 1. The smallest absolute Gasteiger partial charge is 0.0434 e. The van der Waals surface area contributed by atoms with Gasteiger partial charge in [0.1, 0.15) is 0 Å². The van der Waals surface area contributed by atoms with Crippen molar-refractivity contribution in [2.75, 3.05) is 0 Å². The summed E-state index contributed by atoms with van der Waals surface area (Å²) in [5, 5.41) is 7.87. The van der Waals surface area contributed by atoms with Gasteiger partial charge in [-0.2, -0.15) is 0 Å². The van der Waals surface area contributed by atoms with Crippen LogP contribution in [0.3, 0.4) is 0 Å². The van der Waals surface area contributed by atoms with E-state index in [1.54, 1.807) is 0 Å². The second-order valence-electron chi connectivity index (χ2n) is 11.5. The van der Waals surface area contributed by atoms with Gasteiger partial charge in [-0.25, -0.2) is 0 Å². The van der Waals surface area contributed by atoms with E-state index < -0.39 is 0 Å². The molecule has 8 aromatic rings.